The van der Waals surface area contributed by atoms with Crippen LogP contribution in [0.1, 0.15) is 40.0 Å². The Morgan fingerprint density at radius 1 is 1.29 bits per heavy atom. The van der Waals surface area contributed by atoms with Gasteiger partial charge in [-0.2, -0.15) is 0 Å². The molecule has 1 unspecified atom stereocenters. The molecule has 0 spiro atoms. The van der Waals surface area contributed by atoms with Crippen LogP contribution < -0.4 is 5.32 Å². The topological polar surface area (TPSA) is 15.3 Å². The van der Waals surface area contributed by atoms with Crippen molar-refractivity contribution in [2.75, 3.05) is 26.2 Å². The number of nitrogens with zero attached hydrogens (tertiary/aromatic N) is 1. The van der Waals surface area contributed by atoms with E-state index >= 15 is 0 Å². The zero-order valence-electron chi connectivity index (χ0n) is 10.1. The van der Waals surface area contributed by atoms with Crippen molar-refractivity contribution >= 4 is 0 Å². The molecule has 2 nitrogen and oxygen atoms in total. The largest absolute Gasteiger partial charge is 0.315 e. The maximum atomic E-state index is 3.47. The van der Waals surface area contributed by atoms with E-state index in [9.17, 15) is 0 Å². The first-order chi connectivity index (χ1) is 6.81. The van der Waals surface area contributed by atoms with Gasteiger partial charge < -0.3 is 5.32 Å². The van der Waals surface area contributed by atoms with E-state index in [1.54, 1.807) is 0 Å². The van der Waals surface area contributed by atoms with Gasteiger partial charge in [-0.1, -0.05) is 20.8 Å². The lowest BCUT2D eigenvalue weighted by Gasteiger charge is -2.30. The Bertz CT molecular complexity index is 143. The van der Waals surface area contributed by atoms with E-state index in [2.05, 4.69) is 31.0 Å². The molecule has 1 atom stereocenters. The minimum atomic E-state index is 0.751. The minimum Gasteiger partial charge on any atom is -0.315 e. The Labute approximate surface area is 89.1 Å². The molecule has 1 fully saturated rings. The van der Waals surface area contributed by atoms with Crippen LogP contribution in [0.2, 0.25) is 0 Å². The molecule has 1 N–H and O–H groups in total. The molecule has 84 valence electrons. The first-order valence-electron chi connectivity index (χ1n) is 6.26. The molecule has 1 aliphatic rings. The molecule has 1 aliphatic carbocycles. The minimum absolute atomic E-state index is 0.751. The Balaban J connectivity index is 2.28. The summed E-state index contributed by atoms with van der Waals surface area (Å²) >= 11 is 0. The summed E-state index contributed by atoms with van der Waals surface area (Å²) in [6, 6.07) is 0.751. The molecule has 0 aromatic rings. The Kier molecular flexibility index (Phi) is 5.49. The second kappa shape index (κ2) is 6.41. The van der Waals surface area contributed by atoms with Crippen LogP contribution in [0.15, 0.2) is 0 Å². The van der Waals surface area contributed by atoms with E-state index in [1.165, 1.54) is 32.4 Å². The molecule has 1 saturated carbocycles. The molecule has 0 amide bonds. The van der Waals surface area contributed by atoms with Gasteiger partial charge in [0, 0.05) is 19.1 Å². The normalized spacial score (nSPS) is 18.9. The molecule has 0 radical (unpaired) electrons. The Morgan fingerprint density at radius 2 is 2.00 bits per heavy atom. The highest BCUT2D eigenvalue weighted by Crippen LogP contribution is 2.30. The number of hydrogen-bond acceptors (Lipinski definition) is 2. The van der Waals surface area contributed by atoms with Gasteiger partial charge in [-0.3, -0.25) is 4.90 Å². The molecule has 1 rings (SSSR count). The SMILES string of the molecule is CCNCC(CC)N(CC)CC1CC1. The molecule has 0 saturated heterocycles. The fraction of sp³-hybridized carbons (Fsp3) is 1.00. The van der Waals surface area contributed by atoms with Gasteiger partial charge in [0.25, 0.3) is 0 Å². The standard InChI is InChI=1S/C12H26N2/c1-4-12(9-13-5-2)14(6-3)10-11-7-8-11/h11-13H,4-10H2,1-3H3. The van der Waals surface area contributed by atoms with Crippen molar-refractivity contribution in [3.05, 3.63) is 0 Å². The maximum Gasteiger partial charge on any atom is 0.0218 e. The summed E-state index contributed by atoms with van der Waals surface area (Å²) < 4.78 is 0. The van der Waals surface area contributed by atoms with Gasteiger partial charge >= 0.3 is 0 Å². The van der Waals surface area contributed by atoms with Crippen LogP contribution in [0.25, 0.3) is 0 Å². The number of nitrogens with one attached hydrogen (secondary N) is 1. The lowest BCUT2D eigenvalue weighted by Crippen LogP contribution is -2.42. The van der Waals surface area contributed by atoms with E-state index in [0.717, 1.165) is 25.0 Å². The predicted molar refractivity (Wildman–Crippen MR) is 62.6 cm³/mol. The fourth-order valence-corrected chi connectivity index (χ4v) is 2.01. The van der Waals surface area contributed by atoms with Crippen LogP contribution in [-0.4, -0.2) is 37.1 Å². The monoisotopic (exact) mass is 198 g/mol. The van der Waals surface area contributed by atoms with Crippen molar-refractivity contribution in [3.8, 4) is 0 Å². The average molecular weight is 198 g/mol. The highest BCUT2D eigenvalue weighted by molar-refractivity contribution is 4.81. The van der Waals surface area contributed by atoms with Crippen LogP contribution in [-0.2, 0) is 0 Å². The molecule has 0 heterocycles. The lowest BCUT2D eigenvalue weighted by atomic mass is 10.1. The molecule has 14 heavy (non-hydrogen) atoms. The number of rotatable bonds is 8. The van der Waals surface area contributed by atoms with E-state index < -0.39 is 0 Å². The molecule has 0 aliphatic heterocycles. The van der Waals surface area contributed by atoms with E-state index in [-0.39, 0.29) is 0 Å². The highest BCUT2D eigenvalue weighted by atomic mass is 15.2. The summed E-state index contributed by atoms with van der Waals surface area (Å²) in [6.07, 6.45) is 4.20. The van der Waals surface area contributed by atoms with Crippen LogP contribution in [0.4, 0.5) is 0 Å². The molecular formula is C12H26N2. The number of hydrogen-bond donors (Lipinski definition) is 1. The predicted octanol–water partition coefficient (Wildman–Crippen LogP) is 2.11. The summed E-state index contributed by atoms with van der Waals surface area (Å²) in [5.41, 5.74) is 0. The average Bonchev–Trinajstić information content (AvgIpc) is 3.00. The van der Waals surface area contributed by atoms with Crippen molar-refractivity contribution in [2.24, 2.45) is 5.92 Å². The Hall–Kier alpha value is -0.0800. The molecular weight excluding hydrogens is 172 g/mol. The second-order valence-electron chi connectivity index (χ2n) is 4.40. The van der Waals surface area contributed by atoms with Gasteiger partial charge in [0.15, 0.2) is 0 Å². The van der Waals surface area contributed by atoms with Crippen molar-refractivity contribution in [1.29, 1.82) is 0 Å². The molecule has 0 aromatic carbocycles. The van der Waals surface area contributed by atoms with E-state index in [1.807, 2.05) is 0 Å². The third kappa shape index (κ3) is 3.97. The van der Waals surface area contributed by atoms with Crippen LogP contribution in [0, 0.1) is 5.92 Å². The third-order valence-corrected chi connectivity index (χ3v) is 3.21. The number of likely N-dealkylation sites (N-methyl/N-ethyl adjacent to an activating group) is 2. The Morgan fingerprint density at radius 3 is 2.43 bits per heavy atom. The second-order valence-corrected chi connectivity index (χ2v) is 4.40. The van der Waals surface area contributed by atoms with Gasteiger partial charge in [-0.15, -0.1) is 0 Å². The van der Waals surface area contributed by atoms with Gasteiger partial charge in [-0.05, 0) is 38.3 Å². The van der Waals surface area contributed by atoms with E-state index in [0.29, 0.717) is 0 Å². The summed E-state index contributed by atoms with van der Waals surface area (Å²) in [5, 5.41) is 3.47. The summed E-state index contributed by atoms with van der Waals surface area (Å²) in [5.74, 6) is 1.02. The molecule has 0 aromatic heterocycles. The van der Waals surface area contributed by atoms with Gasteiger partial charge in [-0.25, -0.2) is 0 Å². The van der Waals surface area contributed by atoms with Crippen LogP contribution >= 0.6 is 0 Å². The third-order valence-electron chi connectivity index (χ3n) is 3.21. The van der Waals surface area contributed by atoms with Crippen LogP contribution in [0.5, 0.6) is 0 Å². The van der Waals surface area contributed by atoms with Crippen LogP contribution in [0.3, 0.4) is 0 Å². The first kappa shape index (κ1) is 12.0. The smallest absolute Gasteiger partial charge is 0.0218 e. The lowest BCUT2D eigenvalue weighted by molar-refractivity contribution is 0.189. The van der Waals surface area contributed by atoms with Crippen molar-refractivity contribution in [1.82, 2.24) is 10.2 Å². The molecule has 2 heteroatoms. The maximum absolute atomic E-state index is 3.47. The van der Waals surface area contributed by atoms with Crippen molar-refractivity contribution < 1.29 is 0 Å². The quantitative estimate of drug-likeness (QED) is 0.642. The fourth-order valence-electron chi connectivity index (χ4n) is 2.01. The van der Waals surface area contributed by atoms with Gasteiger partial charge in [0.2, 0.25) is 0 Å². The molecule has 0 bridgehead atoms. The van der Waals surface area contributed by atoms with E-state index in [4.69, 9.17) is 0 Å². The zero-order valence-corrected chi connectivity index (χ0v) is 10.1. The van der Waals surface area contributed by atoms with Crippen molar-refractivity contribution in [3.63, 3.8) is 0 Å². The summed E-state index contributed by atoms with van der Waals surface area (Å²) in [4.78, 5) is 2.65. The highest BCUT2D eigenvalue weighted by Gasteiger charge is 2.26. The van der Waals surface area contributed by atoms with Crippen molar-refractivity contribution in [2.45, 2.75) is 46.1 Å². The summed E-state index contributed by atoms with van der Waals surface area (Å²) in [7, 11) is 0. The summed E-state index contributed by atoms with van der Waals surface area (Å²) in [6.45, 7) is 11.6. The van der Waals surface area contributed by atoms with Gasteiger partial charge in [0.1, 0.15) is 0 Å². The zero-order chi connectivity index (χ0) is 10.4. The first-order valence-corrected chi connectivity index (χ1v) is 6.26. The van der Waals surface area contributed by atoms with Gasteiger partial charge in [0.05, 0.1) is 0 Å².